The van der Waals surface area contributed by atoms with Crippen LogP contribution < -0.4 is 37.7 Å². The van der Waals surface area contributed by atoms with E-state index in [1.165, 1.54) is 126 Å². The lowest BCUT2D eigenvalue weighted by Crippen LogP contribution is -2.60. The summed E-state index contributed by atoms with van der Waals surface area (Å²) in [5.41, 5.74) is 22.8. The second-order valence-electron chi connectivity index (χ2n) is 18.0. The third-order valence-electron chi connectivity index (χ3n) is 14.3. The van der Waals surface area contributed by atoms with Crippen molar-refractivity contribution in [2.24, 2.45) is 0 Å². The Morgan fingerprint density at radius 3 is 1.67 bits per heavy atom. The lowest BCUT2D eigenvalue weighted by atomic mass is 9.33. The van der Waals surface area contributed by atoms with Crippen molar-refractivity contribution in [2.45, 2.75) is 49.3 Å². The number of nitrogens with zero attached hydrogens (tertiary/aromatic N) is 3. The fraction of sp³-hybridized carbons (Fsp3) is 0.111. The summed E-state index contributed by atoms with van der Waals surface area (Å²) < 4.78 is 5.27. The topological polar surface area (TPSA) is 13.1 Å². The Hall–Kier alpha value is -6.36. The first-order valence-corrected chi connectivity index (χ1v) is 22.4. The van der Waals surface area contributed by atoms with Crippen LogP contribution in [0.15, 0.2) is 161 Å². The van der Waals surface area contributed by atoms with Crippen molar-refractivity contribution >= 4 is 119 Å². The monoisotopic (exact) mass is 783 g/mol. The van der Waals surface area contributed by atoms with E-state index in [1.54, 1.807) is 0 Å². The maximum atomic E-state index is 2.64. The highest BCUT2D eigenvalue weighted by atomic mass is 32.2. The summed E-state index contributed by atoms with van der Waals surface area (Å²) in [7, 11) is 0. The van der Waals surface area contributed by atoms with E-state index in [0.29, 0.717) is 11.8 Å². The molecule has 0 radical (unpaired) electrons. The molecule has 0 saturated heterocycles. The van der Waals surface area contributed by atoms with E-state index in [2.05, 4.69) is 193 Å². The van der Waals surface area contributed by atoms with Crippen LogP contribution in [0.3, 0.4) is 0 Å². The Labute approximate surface area is 354 Å². The van der Waals surface area contributed by atoms with Gasteiger partial charge >= 0.3 is 0 Å². The van der Waals surface area contributed by atoms with Crippen LogP contribution in [-0.2, 0) is 0 Å². The molecule has 0 unspecified atom stereocenters. The third-order valence-corrected chi connectivity index (χ3v) is 15.5. The minimum absolute atomic E-state index is 0.117. The standard InChI is InChI=1S/C54H39B2N3S/c1-30(2)32-18-22-44-41(26-32)55-39-14-8-10-16-43(39)57(34-12-6-5-7-13-34)46-24-20-35-37-28-38-36-21-25-50-52-54(36)59(48(38)29-47(37)58(44)53(35)51(46)55)45-23-19-33(31(3)4)27-42(45)56(52)40-15-9-11-17-49(40)60-50/h5-31H,1-4H3. The molecule has 3 nitrogen and oxygen atoms in total. The predicted octanol–water partition coefficient (Wildman–Crippen LogP) is 10.0. The van der Waals surface area contributed by atoms with Crippen molar-refractivity contribution in [3.05, 3.63) is 163 Å². The fourth-order valence-corrected chi connectivity index (χ4v) is 12.8. The number of hydrogen-bond acceptors (Lipinski definition) is 2. The molecule has 6 heteroatoms. The fourth-order valence-electron chi connectivity index (χ4n) is 11.6. The van der Waals surface area contributed by atoms with Crippen LogP contribution >= 0.6 is 11.8 Å². The number of hydrogen-bond donors (Lipinski definition) is 0. The van der Waals surface area contributed by atoms with E-state index in [-0.39, 0.29) is 13.4 Å². The predicted molar refractivity (Wildman–Crippen MR) is 258 cm³/mol. The first kappa shape index (κ1) is 33.5. The Morgan fingerprint density at radius 1 is 0.417 bits per heavy atom. The van der Waals surface area contributed by atoms with Crippen LogP contribution in [0.25, 0.3) is 55.0 Å². The van der Waals surface area contributed by atoms with Crippen molar-refractivity contribution in [3.63, 3.8) is 0 Å². The first-order valence-electron chi connectivity index (χ1n) is 21.6. The highest BCUT2D eigenvalue weighted by molar-refractivity contribution is 8.00. The van der Waals surface area contributed by atoms with Gasteiger partial charge in [-0.2, -0.15) is 0 Å². The molecular formula is C54H39B2N3S. The number of para-hydroxylation sites is 2. The Morgan fingerprint density at radius 2 is 0.983 bits per heavy atom. The molecule has 4 aliphatic rings. The molecule has 0 spiro atoms. The summed E-state index contributed by atoms with van der Waals surface area (Å²) >= 11 is 1.94. The van der Waals surface area contributed by atoms with Crippen molar-refractivity contribution < 1.29 is 0 Å². The van der Waals surface area contributed by atoms with Gasteiger partial charge in [0.05, 0.1) is 22.1 Å². The molecule has 10 aromatic rings. The zero-order valence-corrected chi connectivity index (χ0v) is 34.8. The van der Waals surface area contributed by atoms with Gasteiger partial charge in [0.15, 0.2) is 0 Å². The maximum absolute atomic E-state index is 2.64. The first-order chi connectivity index (χ1) is 29.4. The number of fused-ring (bicyclic) bond motifs is 16. The maximum Gasteiger partial charge on any atom is 0.252 e. The quantitative estimate of drug-likeness (QED) is 0.166. The summed E-state index contributed by atoms with van der Waals surface area (Å²) in [4.78, 5) is 5.25. The minimum Gasteiger partial charge on any atom is -0.311 e. The average Bonchev–Trinajstić information content (AvgIpc) is 3.79. The molecule has 14 rings (SSSR count). The van der Waals surface area contributed by atoms with E-state index in [9.17, 15) is 0 Å². The normalized spacial score (nSPS) is 14.1. The molecule has 6 heterocycles. The Bertz CT molecular complexity index is 3560. The van der Waals surface area contributed by atoms with Gasteiger partial charge in [0, 0.05) is 59.8 Å². The zero-order chi connectivity index (χ0) is 39.7. The smallest absolute Gasteiger partial charge is 0.252 e. The van der Waals surface area contributed by atoms with E-state index < -0.39 is 0 Å². The second-order valence-corrected chi connectivity index (χ2v) is 19.1. The molecule has 0 amide bonds. The van der Waals surface area contributed by atoms with Gasteiger partial charge in [-0.15, -0.1) is 0 Å². The van der Waals surface area contributed by atoms with Gasteiger partial charge in [0.25, 0.3) is 6.71 Å². The van der Waals surface area contributed by atoms with Crippen LogP contribution in [0.2, 0.25) is 0 Å². The lowest BCUT2D eigenvalue weighted by molar-refractivity contribution is 0.867. The Balaban J connectivity index is 1.13. The number of anilines is 3. The molecule has 0 atom stereocenters. The van der Waals surface area contributed by atoms with Crippen molar-refractivity contribution in [2.75, 3.05) is 4.90 Å². The van der Waals surface area contributed by atoms with Gasteiger partial charge in [-0.3, -0.25) is 0 Å². The number of aromatic nitrogens is 2. The van der Waals surface area contributed by atoms with Gasteiger partial charge < -0.3 is 14.0 Å². The van der Waals surface area contributed by atoms with Crippen LogP contribution in [-0.4, -0.2) is 22.6 Å². The molecule has 0 N–H and O–H groups in total. The second kappa shape index (κ2) is 11.7. The van der Waals surface area contributed by atoms with Crippen LogP contribution in [0.4, 0.5) is 17.1 Å². The van der Waals surface area contributed by atoms with Gasteiger partial charge in [-0.05, 0) is 111 Å². The highest BCUT2D eigenvalue weighted by Gasteiger charge is 2.43. The highest BCUT2D eigenvalue weighted by Crippen LogP contribution is 2.46. The van der Waals surface area contributed by atoms with Crippen molar-refractivity contribution in [1.29, 1.82) is 0 Å². The van der Waals surface area contributed by atoms with E-state index in [1.807, 2.05) is 11.8 Å². The summed E-state index contributed by atoms with van der Waals surface area (Å²) in [6.07, 6.45) is 0. The summed E-state index contributed by atoms with van der Waals surface area (Å²) in [5, 5.41) is 5.29. The van der Waals surface area contributed by atoms with E-state index >= 15 is 0 Å². The van der Waals surface area contributed by atoms with Crippen molar-refractivity contribution in [3.8, 4) is 11.4 Å². The van der Waals surface area contributed by atoms with Gasteiger partial charge in [0.1, 0.15) is 0 Å². The number of benzene rings is 8. The van der Waals surface area contributed by atoms with E-state index in [0.717, 1.165) is 0 Å². The minimum atomic E-state index is 0.117. The molecule has 8 aromatic carbocycles. The molecule has 0 saturated carbocycles. The zero-order valence-electron chi connectivity index (χ0n) is 34.0. The third kappa shape index (κ3) is 4.10. The Kier molecular flexibility index (Phi) is 6.51. The summed E-state index contributed by atoms with van der Waals surface area (Å²) in [5.74, 6) is 0.864. The number of rotatable bonds is 3. The summed E-state index contributed by atoms with van der Waals surface area (Å²) in [6, 6.07) is 58.5. The van der Waals surface area contributed by atoms with Crippen molar-refractivity contribution in [1.82, 2.24) is 9.13 Å². The molecule has 0 aliphatic carbocycles. The molecule has 282 valence electrons. The molecule has 60 heavy (non-hydrogen) atoms. The SMILES string of the molecule is CC(C)c1ccc2c(c1)B1c3ccccc3Sc3ccc4c5cc6c7ccc8c9c7n(c6cc5n-2c4c31)-c1ccc(C(C)C)cc1B9c1ccccc1N8c1ccccc1. The molecule has 4 aliphatic heterocycles. The molecule has 0 fully saturated rings. The molecular weight excluding hydrogens is 744 g/mol. The molecule has 0 bridgehead atoms. The van der Waals surface area contributed by atoms with Crippen LogP contribution in [0, 0.1) is 0 Å². The van der Waals surface area contributed by atoms with Gasteiger partial charge in [-0.1, -0.05) is 136 Å². The van der Waals surface area contributed by atoms with Crippen LogP contribution in [0.1, 0.15) is 50.7 Å². The van der Waals surface area contributed by atoms with E-state index in [4.69, 9.17) is 0 Å². The van der Waals surface area contributed by atoms with Gasteiger partial charge in [-0.25, -0.2) is 0 Å². The summed E-state index contributed by atoms with van der Waals surface area (Å²) in [6.45, 7) is 9.59. The average molecular weight is 784 g/mol. The van der Waals surface area contributed by atoms with Gasteiger partial charge in [0.2, 0.25) is 6.71 Å². The molecule has 2 aromatic heterocycles. The lowest BCUT2D eigenvalue weighted by Gasteiger charge is -2.40. The van der Waals surface area contributed by atoms with Crippen LogP contribution in [0.5, 0.6) is 0 Å². The largest absolute Gasteiger partial charge is 0.311 e.